The molecule has 6 heteroatoms. The Hall–Kier alpha value is -1.56. The van der Waals surface area contributed by atoms with Gasteiger partial charge in [0, 0.05) is 38.6 Å². The van der Waals surface area contributed by atoms with Crippen LogP contribution < -0.4 is 5.32 Å². The van der Waals surface area contributed by atoms with Crippen molar-refractivity contribution in [2.45, 2.75) is 38.3 Å². The van der Waals surface area contributed by atoms with Crippen molar-refractivity contribution >= 4 is 6.03 Å². The first kappa shape index (κ1) is 14.4. The largest absolute Gasteiger partial charge is 0.378 e. The van der Waals surface area contributed by atoms with E-state index in [1.165, 1.54) is 12.8 Å². The number of hydrogen-bond acceptors (Lipinski definition) is 3. The number of rotatable bonds is 6. The van der Waals surface area contributed by atoms with E-state index in [0.717, 1.165) is 38.5 Å². The quantitative estimate of drug-likeness (QED) is 0.864. The molecular formula is C15H24N4O2. The summed E-state index contributed by atoms with van der Waals surface area (Å²) in [5.41, 5.74) is 0. The Morgan fingerprint density at radius 1 is 1.29 bits per heavy atom. The number of carbonyl (C=O) groups is 1. The predicted molar refractivity (Wildman–Crippen MR) is 78.9 cm³/mol. The van der Waals surface area contributed by atoms with Crippen molar-refractivity contribution in [2.24, 2.45) is 5.92 Å². The van der Waals surface area contributed by atoms with Crippen LogP contribution >= 0.6 is 0 Å². The molecule has 1 saturated carbocycles. The Balaban J connectivity index is 1.30. The van der Waals surface area contributed by atoms with Crippen LogP contribution in [-0.4, -0.2) is 53.1 Å². The molecule has 2 amide bonds. The number of carbonyl (C=O) groups excluding carboxylic acids is 1. The maximum Gasteiger partial charge on any atom is 0.317 e. The summed E-state index contributed by atoms with van der Waals surface area (Å²) in [7, 11) is 0. The summed E-state index contributed by atoms with van der Waals surface area (Å²) in [4.78, 5) is 13.9. The van der Waals surface area contributed by atoms with E-state index in [-0.39, 0.29) is 6.03 Å². The fourth-order valence-electron chi connectivity index (χ4n) is 2.60. The molecule has 2 aliphatic rings. The molecule has 0 radical (unpaired) electrons. The van der Waals surface area contributed by atoms with Crippen LogP contribution in [0.5, 0.6) is 0 Å². The molecule has 2 fully saturated rings. The van der Waals surface area contributed by atoms with E-state index in [4.69, 9.17) is 4.74 Å². The Kier molecular flexibility index (Phi) is 4.75. The minimum atomic E-state index is 0.0304. The smallest absolute Gasteiger partial charge is 0.317 e. The Morgan fingerprint density at radius 2 is 2.10 bits per heavy atom. The van der Waals surface area contributed by atoms with Gasteiger partial charge in [-0.3, -0.25) is 4.68 Å². The highest BCUT2D eigenvalue weighted by molar-refractivity contribution is 5.74. The lowest BCUT2D eigenvalue weighted by atomic mass is 10.1. The Bertz CT molecular complexity index is 437. The minimum Gasteiger partial charge on any atom is -0.378 e. The van der Waals surface area contributed by atoms with E-state index in [1.54, 1.807) is 6.20 Å². The number of urea groups is 1. The second-order valence-electron chi connectivity index (χ2n) is 5.96. The standard InChI is InChI=1S/C15H24N4O2/c20-15(16-7-11-19-8-1-6-17-19)18-9-4-14(5-10-18)21-12-13-2-3-13/h1,6,8,13-14H,2-5,7,9-12H2,(H,16,20). The second-order valence-corrected chi connectivity index (χ2v) is 5.96. The SMILES string of the molecule is O=C(NCCn1cccn1)N1CCC(OCC2CC2)CC1. The third-order valence-electron chi connectivity index (χ3n) is 4.17. The van der Waals surface area contributed by atoms with Crippen LogP contribution in [0.4, 0.5) is 4.79 Å². The second kappa shape index (κ2) is 6.93. The summed E-state index contributed by atoms with van der Waals surface area (Å²) in [6.07, 6.45) is 8.56. The first-order chi connectivity index (χ1) is 10.3. The zero-order chi connectivity index (χ0) is 14.5. The number of aromatic nitrogens is 2. The molecule has 1 aromatic rings. The molecule has 1 aromatic heterocycles. The van der Waals surface area contributed by atoms with Crippen molar-refractivity contribution in [3.8, 4) is 0 Å². The first-order valence-corrected chi connectivity index (χ1v) is 7.93. The predicted octanol–water partition coefficient (Wildman–Crippen LogP) is 1.48. The number of ether oxygens (including phenoxy) is 1. The van der Waals surface area contributed by atoms with Crippen molar-refractivity contribution in [3.05, 3.63) is 18.5 Å². The van der Waals surface area contributed by atoms with E-state index < -0.39 is 0 Å². The average molecular weight is 292 g/mol. The number of nitrogens with zero attached hydrogens (tertiary/aromatic N) is 3. The van der Waals surface area contributed by atoms with Gasteiger partial charge in [0.25, 0.3) is 0 Å². The third-order valence-corrected chi connectivity index (χ3v) is 4.17. The van der Waals surface area contributed by atoms with Crippen LogP contribution in [0.2, 0.25) is 0 Å². The molecule has 1 aliphatic heterocycles. The molecule has 0 bridgehead atoms. The molecule has 21 heavy (non-hydrogen) atoms. The van der Waals surface area contributed by atoms with Crippen LogP contribution in [0, 0.1) is 5.92 Å². The van der Waals surface area contributed by atoms with E-state index in [9.17, 15) is 4.79 Å². The maximum absolute atomic E-state index is 12.1. The van der Waals surface area contributed by atoms with Crippen LogP contribution in [0.1, 0.15) is 25.7 Å². The highest BCUT2D eigenvalue weighted by Crippen LogP contribution is 2.30. The van der Waals surface area contributed by atoms with Gasteiger partial charge in [0.05, 0.1) is 12.6 Å². The number of nitrogens with one attached hydrogen (secondary N) is 1. The van der Waals surface area contributed by atoms with Crippen LogP contribution in [0.15, 0.2) is 18.5 Å². The van der Waals surface area contributed by atoms with Gasteiger partial charge in [0.1, 0.15) is 0 Å². The topological polar surface area (TPSA) is 59.4 Å². The van der Waals surface area contributed by atoms with Crippen molar-refractivity contribution in [3.63, 3.8) is 0 Å². The molecule has 1 N–H and O–H groups in total. The highest BCUT2D eigenvalue weighted by atomic mass is 16.5. The zero-order valence-corrected chi connectivity index (χ0v) is 12.4. The van der Waals surface area contributed by atoms with Crippen LogP contribution in [0.3, 0.4) is 0 Å². The van der Waals surface area contributed by atoms with Gasteiger partial charge in [-0.2, -0.15) is 5.10 Å². The summed E-state index contributed by atoms with van der Waals surface area (Å²) in [5.74, 6) is 0.814. The van der Waals surface area contributed by atoms with Gasteiger partial charge in [-0.1, -0.05) is 0 Å². The van der Waals surface area contributed by atoms with E-state index in [1.807, 2.05) is 21.8 Å². The van der Waals surface area contributed by atoms with E-state index in [2.05, 4.69) is 10.4 Å². The molecule has 0 atom stereocenters. The van der Waals surface area contributed by atoms with Gasteiger partial charge in [-0.05, 0) is 37.7 Å². The molecule has 0 aromatic carbocycles. The molecule has 3 rings (SSSR count). The van der Waals surface area contributed by atoms with Crippen molar-refractivity contribution in [2.75, 3.05) is 26.2 Å². The van der Waals surface area contributed by atoms with Gasteiger partial charge in [0.2, 0.25) is 0 Å². The number of piperidine rings is 1. The molecule has 116 valence electrons. The summed E-state index contributed by atoms with van der Waals surface area (Å²) >= 11 is 0. The molecule has 1 saturated heterocycles. The monoisotopic (exact) mass is 292 g/mol. The zero-order valence-electron chi connectivity index (χ0n) is 12.4. The Morgan fingerprint density at radius 3 is 2.76 bits per heavy atom. The lowest BCUT2D eigenvalue weighted by molar-refractivity contribution is 0.00948. The Labute approximate surface area is 125 Å². The molecule has 1 aliphatic carbocycles. The molecular weight excluding hydrogens is 268 g/mol. The average Bonchev–Trinajstić information content (AvgIpc) is 3.20. The lowest BCUT2D eigenvalue weighted by Crippen LogP contribution is -2.46. The normalized spacial score (nSPS) is 19.7. The van der Waals surface area contributed by atoms with E-state index >= 15 is 0 Å². The van der Waals surface area contributed by atoms with E-state index in [0.29, 0.717) is 19.2 Å². The lowest BCUT2D eigenvalue weighted by Gasteiger charge is -2.32. The molecule has 2 heterocycles. The molecule has 6 nitrogen and oxygen atoms in total. The third kappa shape index (κ3) is 4.46. The number of hydrogen-bond donors (Lipinski definition) is 1. The fraction of sp³-hybridized carbons (Fsp3) is 0.733. The van der Waals surface area contributed by atoms with Gasteiger partial charge >= 0.3 is 6.03 Å². The van der Waals surface area contributed by atoms with Gasteiger partial charge < -0.3 is 15.0 Å². The van der Waals surface area contributed by atoms with Crippen molar-refractivity contribution in [1.29, 1.82) is 0 Å². The van der Waals surface area contributed by atoms with Gasteiger partial charge in [-0.15, -0.1) is 0 Å². The summed E-state index contributed by atoms with van der Waals surface area (Å²) in [6, 6.07) is 1.91. The fourth-order valence-corrected chi connectivity index (χ4v) is 2.60. The van der Waals surface area contributed by atoms with Crippen molar-refractivity contribution in [1.82, 2.24) is 20.0 Å². The van der Waals surface area contributed by atoms with Crippen molar-refractivity contribution < 1.29 is 9.53 Å². The van der Waals surface area contributed by atoms with Crippen LogP contribution in [0.25, 0.3) is 0 Å². The van der Waals surface area contributed by atoms with Crippen LogP contribution in [-0.2, 0) is 11.3 Å². The highest BCUT2D eigenvalue weighted by Gasteiger charge is 2.26. The van der Waals surface area contributed by atoms with Gasteiger partial charge in [0.15, 0.2) is 0 Å². The number of likely N-dealkylation sites (tertiary alicyclic amines) is 1. The molecule has 0 unspecified atom stereocenters. The first-order valence-electron chi connectivity index (χ1n) is 7.93. The summed E-state index contributed by atoms with van der Waals surface area (Å²) in [5, 5.41) is 7.06. The molecule has 0 spiro atoms. The maximum atomic E-state index is 12.1. The summed E-state index contributed by atoms with van der Waals surface area (Å²) < 4.78 is 7.71. The van der Waals surface area contributed by atoms with Gasteiger partial charge in [-0.25, -0.2) is 4.79 Å². The number of amides is 2. The summed E-state index contributed by atoms with van der Waals surface area (Å²) in [6.45, 7) is 3.82. The minimum absolute atomic E-state index is 0.0304.